The minimum atomic E-state index is -1.49. The van der Waals surface area contributed by atoms with Gasteiger partial charge in [-0.1, -0.05) is 0 Å². The Bertz CT molecular complexity index is 881. The van der Waals surface area contributed by atoms with Gasteiger partial charge in [0.05, 0.1) is 0 Å². The molecule has 4 rings (SSSR count). The van der Waals surface area contributed by atoms with Gasteiger partial charge in [0.15, 0.2) is 0 Å². The fourth-order valence-electron chi connectivity index (χ4n) is 4.93. The molecule has 6 heteroatoms. The predicted molar refractivity (Wildman–Crippen MR) is 113 cm³/mol. The minimum Gasteiger partial charge on any atom is -1.00 e. The van der Waals surface area contributed by atoms with Gasteiger partial charge in [0.2, 0.25) is 0 Å². The molecular weight excluding hydrogens is 499 g/mol. The quantitative estimate of drug-likeness (QED) is 0.497. The minimum absolute atomic E-state index is 0. The second kappa shape index (κ2) is 8.44. The largest absolute Gasteiger partial charge is 1.00 e. The average Bonchev–Trinajstić information content (AvgIpc) is 2.85. The van der Waals surface area contributed by atoms with E-state index in [1.54, 1.807) is 46.6 Å². The molecule has 2 unspecified atom stereocenters. The van der Waals surface area contributed by atoms with E-state index in [1.165, 1.54) is 11.1 Å². The summed E-state index contributed by atoms with van der Waals surface area (Å²) in [5.74, 6) is 0. The molecule has 0 spiro atoms. The number of halogens is 2. The number of benzene rings is 1. The third kappa shape index (κ3) is 4.20. The summed E-state index contributed by atoms with van der Waals surface area (Å²) in [6, 6.07) is 7.05. The Balaban J connectivity index is 0.00000140. The summed E-state index contributed by atoms with van der Waals surface area (Å²) in [6.45, 7) is 14.2. The first-order valence-corrected chi connectivity index (χ1v) is 17.6. The van der Waals surface area contributed by atoms with Crippen LogP contribution in [0.5, 0.6) is 0 Å². The van der Waals surface area contributed by atoms with Gasteiger partial charge in [-0.15, -0.1) is 0 Å². The predicted octanol–water partition coefficient (Wildman–Crippen LogP) is 0.194. The number of hydrogen-bond acceptors (Lipinski definition) is 1. The molecule has 1 heterocycles. The molecule has 0 fully saturated rings. The van der Waals surface area contributed by atoms with Gasteiger partial charge < -0.3 is 24.8 Å². The van der Waals surface area contributed by atoms with Crippen LogP contribution in [0, 0.1) is 0 Å². The summed E-state index contributed by atoms with van der Waals surface area (Å²) in [4.78, 5) is 0. The Kier molecular flexibility index (Phi) is 7.40. The van der Waals surface area contributed by atoms with Gasteiger partial charge in [-0.25, -0.2) is 0 Å². The van der Waals surface area contributed by atoms with Gasteiger partial charge in [-0.2, -0.15) is 0 Å². The second-order valence-corrected chi connectivity index (χ2v) is 19.6. The zero-order chi connectivity index (χ0) is 18.9. The van der Waals surface area contributed by atoms with Crippen LogP contribution >= 0.6 is 0 Å². The van der Waals surface area contributed by atoms with Crippen LogP contribution in [0.3, 0.4) is 0 Å². The van der Waals surface area contributed by atoms with Crippen molar-refractivity contribution in [2.24, 2.45) is 0 Å². The van der Waals surface area contributed by atoms with Gasteiger partial charge in [-0.3, -0.25) is 0 Å². The molecule has 1 nitrogen and oxygen atoms in total. The fraction of sp³-hybridized carbons (Fsp3) is 0.455. The summed E-state index contributed by atoms with van der Waals surface area (Å²) < 4.78 is 7.07. The van der Waals surface area contributed by atoms with Crippen molar-refractivity contribution in [1.82, 2.24) is 0 Å². The molecule has 2 atom stereocenters. The zero-order valence-electron chi connectivity index (χ0n) is 17.6. The van der Waals surface area contributed by atoms with E-state index >= 15 is 0 Å². The van der Waals surface area contributed by atoms with Gasteiger partial charge in [0.25, 0.3) is 0 Å². The topological polar surface area (TPSA) is 9.23 Å². The molecule has 3 aliphatic rings. The molecule has 0 N–H and O–H groups in total. The van der Waals surface area contributed by atoms with Crippen LogP contribution in [0.25, 0.3) is 10.8 Å². The molecule has 0 bridgehead atoms. The Hall–Kier alpha value is 0.297. The molecular formula is C22H29Cl2OSi2Zr. The molecule has 1 aromatic rings. The van der Waals surface area contributed by atoms with Crippen LogP contribution < -0.4 is 24.8 Å². The van der Waals surface area contributed by atoms with Crippen LogP contribution in [0.15, 0.2) is 41.1 Å². The molecule has 0 saturated carbocycles. The first-order valence-electron chi connectivity index (χ1n) is 9.77. The van der Waals surface area contributed by atoms with Crippen molar-refractivity contribution in [3.8, 4) is 0 Å². The van der Waals surface area contributed by atoms with E-state index < -0.39 is 16.4 Å². The van der Waals surface area contributed by atoms with Crippen molar-refractivity contribution < 1.29 is 54.0 Å². The zero-order valence-corrected chi connectivity index (χ0v) is 23.6. The molecule has 2 aliphatic carbocycles. The maximum absolute atomic E-state index is 6.33. The van der Waals surface area contributed by atoms with Crippen LogP contribution in [-0.4, -0.2) is 22.5 Å². The molecule has 1 aromatic carbocycles. The number of allylic oxidation sites excluding steroid dienone is 4. The summed E-state index contributed by atoms with van der Waals surface area (Å²) in [5, 5.41) is 3.64. The van der Waals surface area contributed by atoms with E-state index in [0.29, 0.717) is 6.10 Å². The second-order valence-electron chi connectivity index (χ2n) is 9.47. The molecule has 0 radical (unpaired) electrons. The van der Waals surface area contributed by atoms with Gasteiger partial charge >= 0.3 is 176 Å². The van der Waals surface area contributed by atoms with E-state index in [-0.39, 0.29) is 24.8 Å². The van der Waals surface area contributed by atoms with Crippen molar-refractivity contribution in [2.75, 3.05) is 0 Å². The van der Waals surface area contributed by atoms with Crippen molar-refractivity contribution in [3.05, 3.63) is 57.8 Å². The maximum atomic E-state index is 6.33. The molecule has 0 saturated heterocycles. The van der Waals surface area contributed by atoms with Gasteiger partial charge in [0.1, 0.15) is 0 Å². The monoisotopic (exact) mass is 525 g/mol. The molecule has 149 valence electrons. The fourth-order valence-corrected chi connectivity index (χ4v) is 14.0. The summed E-state index contributed by atoms with van der Waals surface area (Å²) >= 11 is 1.66. The SMILES string of the molecule is CC(CC1=C(c2cccc3c2C2=C([CH]3[Zr+2])[Si]2(C)C)CC=C1)O[Si](C)(C)C.[Cl-].[Cl-]. The molecule has 0 aromatic heterocycles. The Morgan fingerprint density at radius 3 is 2.54 bits per heavy atom. The third-order valence-electron chi connectivity index (χ3n) is 5.87. The van der Waals surface area contributed by atoms with Crippen molar-refractivity contribution in [3.63, 3.8) is 0 Å². The summed E-state index contributed by atoms with van der Waals surface area (Å²) in [5.41, 5.74) is 7.83. The Labute approximate surface area is 199 Å². The van der Waals surface area contributed by atoms with Gasteiger partial charge in [0, 0.05) is 0 Å². The average molecular weight is 528 g/mol. The Morgan fingerprint density at radius 2 is 1.89 bits per heavy atom. The van der Waals surface area contributed by atoms with Crippen molar-refractivity contribution in [2.45, 2.75) is 62.2 Å². The van der Waals surface area contributed by atoms with Crippen molar-refractivity contribution in [1.29, 1.82) is 0 Å². The first kappa shape index (κ1) is 24.6. The van der Waals surface area contributed by atoms with E-state index in [2.05, 4.69) is 70.0 Å². The third-order valence-corrected chi connectivity index (χ3v) is 12.6. The van der Waals surface area contributed by atoms with Crippen LogP contribution in [0.4, 0.5) is 0 Å². The van der Waals surface area contributed by atoms with Crippen LogP contribution in [-0.2, 0) is 29.1 Å². The number of rotatable bonds is 5. The normalized spacial score (nSPS) is 22.5. The maximum Gasteiger partial charge on any atom is -1.00 e. The van der Waals surface area contributed by atoms with Crippen LogP contribution in [0.2, 0.25) is 32.7 Å². The van der Waals surface area contributed by atoms with E-state index in [0.717, 1.165) is 16.5 Å². The summed E-state index contributed by atoms with van der Waals surface area (Å²) in [6.07, 6.45) is 7.12. The standard InChI is InChI=1S/C22H29OSi2.2ClH.Zr/c1-15(23-24(2,3)4)13-16-9-7-11-18(16)19-12-8-10-17-14-20-22(21(17)19)25(20,5)6;;;/h7-10,12,14-15H,11,13H2,1-6H3;2*1H;/q;;;+2/p-2. The number of hydrogen-bond donors (Lipinski definition) is 0. The van der Waals surface area contributed by atoms with E-state index in [1.807, 2.05) is 5.20 Å². The smallest absolute Gasteiger partial charge is 1.00 e. The molecule has 0 amide bonds. The van der Waals surface area contributed by atoms with Crippen molar-refractivity contribution >= 4 is 27.2 Å². The first-order chi connectivity index (χ1) is 12.1. The van der Waals surface area contributed by atoms with Gasteiger partial charge in [-0.05, 0) is 0 Å². The number of fused-ring (bicyclic) bond motifs is 2. The molecule has 1 aliphatic heterocycles. The molecule has 28 heavy (non-hydrogen) atoms. The summed E-state index contributed by atoms with van der Waals surface area (Å²) in [7, 11) is -2.68. The Morgan fingerprint density at radius 1 is 1.21 bits per heavy atom. The van der Waals surface area contributed by atoms with Crippen LogP contribution in [0.1, 0.15) is 40.1 Å². The van der Waals surface area contributed by atoms with E-state index in [9.17, 15) is 0 Å². The van der Waals surface area contributed by atoms with E-state index in [4.69, 9.17) is 4.43 Å².